The summed E-state index contributed by atoms with van der Waals surface area (Å²) >= 11 is 1.75. The minimum atomic E-state index is 0.0341. The fraction of sp³-hybridized carbons (Fsp3) is 0.556. The van der Waals surface area contributed by atoms with Gasteiger partial charge in [0.05, 0.1) is 24.4 Å². The van der Waals surface area contributed by atoms with Crippen molar-refractivity contribution in [3.8, 4) is 0 Å². The third-order valence-electron chi connectivity index (χ3n) is 5.05. The third-order valence-corrected chi connectivity index (χ3v) is 5.81. The second-order valence-electron chi connectivity index (χ2n) is 6.77. The Morgan fingerprint density at radius 3 is 2.71 bits per heavy atom. The van der Waals surface area contributed by atoms with Crippen molar-refractivity contribution in [1.82, 2.24) is 19.8 Å². The number of hydrogen-bond acceptors (Lipinski definition) is 6. The van der Waals surface area contributed by atoms with Gasteiger partial charge in [-0.3, -0.25) is 14.8 Å². The maximum absolute atomic E-state index is 6.26. The van der Waals surface area contributed by atoms with Gasteiger partial charge in [-0.2, -0.15) is 0 Å². The van der Waals surface area contributed by atoms with E-state index in [9.17, 15) is 0 Å². The maximum Gasteiger partial charge on any atom is 0.107 e. The molecule has 6 heteroatoms. The molecule has 0 radical (unpaired) electrons. The number of rotatable bonds is 4. The van der Waals surface area contributed by atoms with E-state index in [0.717, 1.165) is 64.4 Å². The molecule has 4 heterocycles. The van der Waals surface area contributed by atoms with Crippen molar-refractivity contribution in [3.05, 3.63) is 46.7 Å². The lowest BCUT2D eigenvalue weighted by Crippen LogP contribution is -2.56. The van der Waals surface area contributed by atoms with E-state index < -0.39 is 0 Å². The summed E-state index contributed by atoms with van der Waals surface area (Å²) in [6.45, 7) is 6.95. The molecular weight excluding hydrogens is 320 g/mol. The highest BCUT2D eigenvalue weighted by Gasteiger charge is 2.39. The fourth-order valence-electron chi connectivity index (χ4n) is 3.72. The Kier molecular flexibility index (Phi) is 4.89. The molecular formula is C18H24N4OS. The number of piperidine rings is 1. The number of likely N-dealkylation sites (tertiary alicyclic amines) is 1. The van der Waals surface area contributed by atoms with Crippen molar-refractivity contribution in [2.24, 2.45) is 0 Å². The molecule has 0 aromatic carbocycles. The van der Waals surface area contributed by atoms with E-state index in [1.165, 1.54) is 5.01 Å². The van der Waals surface area contributed by atoms with Gasteiger partial charge in [0.15, 0.2) is 0 Å². The zero-order valence-electron chi connectivity index (χ0n) is 13.9. The second-order valence-corrected chi connectivity index (χ2v) is 7.74. The van der Waals surface area contributed by atoms with Crippen LogP contribution in [0.3, 0.4) is 0 Å². The molecule has 0 bridgehead atoms. The molecule has 0 saturated carbocycles. The first kappa shape index (κ1) is 16.1. The van der Waals surface area contributed by atoms with Gasteiger partial charge in [0, 0.05) is 50.5 Å². The summed E-state index contributed by atoms with van der Waals surface area (Å²) in [6.07, 6.45) is 5.99. The number of thiazole rings is 1. The fourth-order valence-corrected chi connectivity index (χ4v) is 4.38. The molecule has 2 aliphatic heterocycles. The Balaban J connectivity index is 1.32. The second kappa shape index (κ2) is 7.27. The van der Waals surface area contributed by atoms with E-state index in [0.29, 0.717) is 0 Å². The van der Waals surface area contributed by atoms with Gasteiger partial charge in [0.1, 0.15) is 5.01 Å². The number of morpholine rings is 1. The van der Waals surface area contributed by atoms with Crippen LogP contribution < -0.4 is 0 Å². The van der Waals surface area contributed by atoms with Crippen LogP contribution in [0.2, 0.25) is 0 Å². The molecule has 1 spiro atoms. The molecule has 2 fully saturated rings. The summed E-state index contributed by atoms with van der Waals surface area (Å²) in [5.41, 5.74) is 1.18. The van der Waals surface area contributed by atoms with Gasteiger partial charge in [0.2, 0.25) is 0 Å². The summed E-state index contributed by atoms with van der Waals surface area (Å²) in [4.78, 5) is 13.9. The Morgan fingerprint density at radius 2 is 1.96 bits per heavy atom. The van der Waals surface area contributed by atoms with E-state index in [2.05, 4.69) is 37.3 Å². The van der Waals surface area contributed by atoms with Crippen LogP contribution in [0.25, 0.3) is 0 Å². The molecule has 4 rings (SSSR count). The van der Waals surface area contributed by atoms with Gasteiger partial charge in [-0.25, -0.2) is 4.98 Å². The standard InChI is InChI=1S/C18H24N4OS/c1-2-6-19-16(3-1)13-22-10-11-23-18(15-22)4-8-21(9-5-18)14-17-20-7-12-24-17/h1-3,6-7,12H,4-5,8-11,13-15H2. The molecule has 0 N–H and O–H groups in total. The van der Waals surface area contributed by atoms with Crippen molar-refractivity contribution in [2.75, 3.05) is 32.8 Å². The first-order chi connectivity index (χ1) is 11.8. The molecule has 0 atom stereocenters. The van der Waals surface area contributed by atoms with Crippen molar-refractivity contribution < 1.29 is 4.74 Å². The minimum absolute atomic E-state index is 0.0341. The van der Waals surface area contributed by atoms with E-state index in [4.69, 9.17) is 4.74 Å². The number of ether oxygens (including phenoxy) is 1. The maximum atomic E-state index is 6.26. The van der Waals surface area contributed by atoms with Gasteiger partial charge in [-0.1, -0.05) is 6.07 Å². The van der Waals surface area contributed by atoms with Crippen LogP contribution in [0.15, 0.2) is 36.0 Å². The van der Waals surface area contributed by atoms with Gasteiger partial charge < -0.3 is 4.74 Å². The lowest BCUT2D eigenvalue weighted by atomic mass is 9.89. The van der Waals surface area contributed by atoms with Crippen molar-refractivity contribution in [2.45, 2.75) is 31.5 Å². The Bertz CT molecular complexity index is 626. The highest BCUT2D eigenvalue weighted by Crippen LogP contribution is 2.31. The lowest BCUT2D eigenvalue weighted by molar-refractivity contribution is -0.138. The summed E-state index contributed by atoms with van der Waals surface area (Å²) in [7, 11) is 0. The predicted octanol–water partition coefficient (Wildman–Crippen LogP) is 2.41. The average Bonchev–Trinajstić information content (AvgIpc) is 3.11. The first-order valence-corrected chi connectivity index (χ1v) is 9.56. The predicted molar refractivity (Wildman–Crippen MR) is 94.8 cm³/mol. The highest BCUT2D eigenvalue weighted by atomic mass is 32.1. The molecule has 128 valence electrons. The molecule has 0 aliphatic carbocycles. The number of nitrogens with zero attached hydrogens (tertiary/aromatic N) is 4. The topological polar surface area (TPSA) is 41.5 Å². The summed E-state index contributed by atoms with van der Waals surface area (Å²) in [6, 6.07) is 6.15. The molecule has 2 aromatic rings. The quantitative estimate of drug-likeness (QED) is 0.852. The summed E-state index contributed by atoms with van der Waals surface area (Å²) in [5.74, 6) is 0. The van der Waals surface area contributed by atoms with E-state index in [1.807, 2.05) is 18.5 Å². The van der Waals surface area contributed by atoms with Crippen molar-refractivity contribution in [1.29, 1.82) is 0 Å². The third kappa shape index (κ3) is 3.83. The molecule has 0 amide bonds. The zero-order chi connectivity index (χ0) is 16.2. The van der Waals surface area contributed by atoms with E-state index >= 15 is 0 Å². The van der Waals surface area contributed by atoms with Gasteiger partial charge in [0.25, 0.3) is 0 Å². The van der Waals surface area contributed by atoms with Crippen LogP contribution in [0.1, 0.15) is 23.5 Å². The van der Waals surface area contributed by atoms with Gasteiger partial charge in [-0.05, 0) is 25.0 Å². The molecule has 2 aliphatic rings. The largest absolute Gasteiger partial charge is 0.372 e. The zero-order valence-corrected chi connectivity index (χ0v) is 14.7. The number of hydrogen-bond donors (Lipinski definition) is 0. The monoisotopic (exact) mass is 344 g/mol. The smallest absolute Gasteiger partial charge is 0.107 e. The van der Waals surface area contributed by atoms with Crippen LogP contribution >= 0.6 is 11.3 Å². The van der Waals surface area contributed by atoms with Crippen LogP contribution in [0.5, 0.6) is 0 Å². The normalized spacial score (nSPS) is 22.0. The van der Waals surface area contributed by atoms with Crippen LogP contribution in [0, 0.1) is 0 Å². The Hall–Kier alpha value is -1.34. The minimum Gasteiger partial charge on any atom is -0.372 e. The summed E-state index contributed by atoms with van der Waals surface area (Å²) in [5, 5.41) is 3.27. The number of aromatic nitrogens is 2. The van der Waals surface area contributed by atoms with Crippen LogP contribution in [-0.2, 0) is 17.8 Å². The van der Waals surface area contributed by atoms with Gasteiger partial charge >= 0.3 is 0 Å². The number of pyridine rings is 1. The van der Waals surface area contributed by atoms with Crippen molar-refractivity contribution in [3.63, 3.8) is 0 Å². The highest BCUT2D eigenvalue weighted by molar-refractivity contribution is 7.09. The van der Waals surface area contributed by atoms with E-state index in [-0.39, 0.29) is 5.60 Å². The lowest BCUT2D eigenvalue weighted by Gasteiger charge is -2.47. The molecule has 2 aromatic heterocycles. The van der Waals surface area contributed by atoms with Gasteiger partial charge in [-0.15, -0.1) is 11.3 Å². The van der Waals surface area contributed by atoms with Crippen LogP contribution in [-0.4, -0.2) is 58.2 Å². The average molecular weight is 344 g/mol. The molecule has 24 heavy (non-hydrogen) atoms. The molecule has 2 saturated heterocycles. The molecule has 5 nitrogen and oxygen atoms in total. The van der Waals surface area contributed by atoms with Crippen LogP contribution in [0.4, 0.5) is 0 Å². The SMILES string of the molecule is c1ccc(CN2CCOC3(CCN(Cc4nccs4)CC3)C2)nc1. The van der Waals surface area contributed by atoms with Crippen molar-refractivity contribution >= 4 is 11.3 Å². The first-order valence-electron chi connectivity index (χ1n) is 8.68. The Labute approximate surface area is 147 Å². The Morgan fingerprint density at radius 1 is 1.04 bits per heavy atom. The van der Waals surface area contributed by atoms with E-state index in [1.54, 1.807) is 11.3 Å². The molecule has 0 unspecified atom stereocenters. The summed E-state index contributed by atoms with van der Waals surface area (Å²) < 4.78 is 6.26.